The molecule has 2 aliphatic heterocycles. The Hall–Kier alpha value is -3.11. The first-order chi connectivity index (χ1) is 24.2. The molecule has 0 saturated carbocycles. The van der Waals surface area contributed by atoms with Crippen LogP contribution in [-0.2, 0) is 55.1 Å². The van der Waals surface area contributed by atoms with Crippen molar-refractivity contribution in [3.05, 3.63) is 33.4 Å². The maximum atomic E-state index is 12.6. The van der Waals surface area contributed by atoms with Crippen LogP contribution in [-0.4, -0.2) is 114 Å². The zero-order valence-electron chi connectivity index (χ0n) is 25.9. The number of aliphatic hydroxyl groups is 4. The number of hydrogen-bond donors (Lipinski definition) is 10. The predicted octanol–water partition coefficient (Wildman–Crippen LogP) is -5.06. The smallest absolute Gasteiger partial charge is 0.479 e. The van der Waals surface area contributed by atoms with Crippen molar-refractivity contribution in [2.75, 3.05) is 24.7 Å². The van der Waals surface area contributed by atoms with Crippen LogP contribution in [0.3, 0.4) is 0 Å². The molecule has 286 valence electrons. The molecule has 4 aromatic rings. The summed E-state index contributed by atoms with van der Waals surface area (Å²) < 4.78 is 57.7. The monoisotopic (exact) mass is 818 g/mol. The van der Waals surface area contributed by atoms with Crippen LogP contribution < -0.4 is 32.0 Å². The van der Waals surface area contributed by atoms with Gasteiger partial charge in [0, 0.05) is 0 Å². The largest absolute Gasteiger partial charge is 0.756 e. The molecule has 52 heavy (non-hydrogen) atoms. The first-order valence-electron chi connectivity index (χ1n) is 14.4. The number of ether oxygens (including phenoxy) is 2. The van der Waals surface area contributed by atoms with Crippen LogP contribution in [0.4, 0.5) is 11.9 Å². The molecule has 0 aromatic carbocycles. The lowest BCUT2D eigenvalue weighted by Gasteiger charge is -2.28. The van der Waals surface area contributed by atoms with E-state index < -0.39 is 95.8 Å². The summed E-state index contributed by atoms with van der Waals surface area (Å²) in [6, 6.07) is 0. The van der Waals surface area contributed by atoms with Gasteiger partial charge in [0.05, 0.1) is 26.6 Å². The van der Waals surface area contributed by atoms with Gasteiger partial charge in [0.15, 0.2) is 23.7 Å². The van der Waals surface area contributed by atoms with Crippen LogP contribution in [0.1, 0.15) is 12.5 Å². The van der Waals surface area contributed by atoms with Gasteiger partial charge in [0.25, 0.3) is 24.9 Å². The van der Waals surface area contributed by atoms with Crippen molar-refractivity contribution >= 4 is 68.4 Å². The Kier molecular flexibility index (Phi) is 10.4. The Labute approximate surface area is 292 Å². The Morgan fingerprint density at radius 3 is 2.29 bits per heavy atom. The van der Waals surface area contributed by atoms with Gasteiger partial charge < -0.3 is 60.6 Å². The lowest BCUT2D eigenvalue weighted by molar-refractivity contribution is -0.745. The van der Waals surface area contributed by atoms with E-state index in [-0.39, 0.29) is 34.2 Å². The number of phosphoric ester groups is 2. The molecule has 27 nitrogen and oxygen atoms in total. The third kappa shape index (κ3) is 7.61. The first-order valence-corrected chi connectivity index (χ1v) is 19.9. The molecule has 4 aromatic heterocycles. The van der Waals surface area contributed by atoms with Crippen LogP contribution in [0.5, 0.6) is 0 Å². The Bertz CT molecular complexity index is 2280. The first kappa shape index (κ1) is 38.6. The molecular weight excluding hydrogens is 789 g/mol. The summed E-state index contributed by atoms with van der Waals surface area (Å²) in [5.41, 5.74) is 9.49. The molecule has 0 radical (unpaired) electrons. The number of rotatable bonds is 12. The van der Waals surface area contributed by atoms with Crippen molar-refractivity contribution in [2.45, 2.75) is 49.1 Å². The van der Waals surface area contributed by atoms with Gasteiger partial charge in [-0.1, -0.05) is 4.98 Å². The number of aliphatic hydroxyl groups excluding tert-OH is 4. The van der Waals surface area contributed by atoms with E-state index in [1.807, 2.05) is 0 Å². The van der Waals surface area contributed by atoms with Gasteiger partial charge in [-0.25, -0.2) is 22.7 Å². The third-order valence-corrected chi connectivity index (χ3v) is 13.1. The van der Waals surface area contributed by atoms with Gasteiger partial charge >= 0.3 is 20.2 Å². The van der Waals surface area contributed by atoms with E-state index in [0.717, 1.165) is 10.9 Å². The summed E-state index contributed by atoms with van der Waals surface area (Å²) in [4.78, 5) is 73.6. The molecule has 2 aliphatic rings. The number of imidazole rings is 2. The number of nitrogen functional groups attached to an aromatic ring is 2. The number of nitrogens with one attached hydrogen (secondary N) is 2. The molecule has 31 heteroatoms. The number of fused-ring (bicyclic) bond motifs is 2. The summed E-state index contributed by atoms with van der Waals surface area (Å²) in [6.45, 7) is -7.30. The molecule has 0 spiro atoms. The van der Waals surface area contributed by atoms with Gasteiger partial charge in [0.1, 0.15) is 36.6 Å². The Morgan fingerprint density at radius 1 is 0.962 bits per heavy atom. The van der Waals surface area contributed by atoms with Crippen LogP contribution in [0.2, 0.25) is 0 Å². The molecular formula is C21H29N10O17P3S. The van der Waals surface area contributed by atoms with Gasteiger partial charge in [0.2, 0.25) is 17.7 Å². The zero-order chi connectivity index (χ0) is 38.1. The zero-order valence-corrected chi connectivity index (χ0v) is 29.4. The van der Waals surface area contributed by atoms with Crippen LogP contribution in [0, 0.1) is 0 Å². The second kappa shape index (κ2) is 13.9. The van der Waals surface area contributed by atoms with Crippen molar-refractivity contribution in [2.24, 2.45) is 7.05 Å². The van der Waals surface area contributed by atoms with Gasteiger partial charge in [-0.05, 0) is 11.8 Å². The number of aromatic nitrogens is 8. The standard InChI is InChI=1S/C21H29N10O17P3S/c1-29-5-31(15-9(29)17(37)28-21(23)26-15)19-13(35)11(33)7(46-19)3-44-50(40,41)48-51(42,52)47-49(38,39)43-2-6-10(32)12(34)18(45-6)30-4-24-8-14(30)25-20(22)27-16(8)36/h4-7,10-13,18-19,32-35H,2-3H2,1H3,(H8-,22,23,25,26,27,28,36,37,38,39,40,41,42,52)/t6-,7-,10-,11-,12-,13-,18-,19-,51?/m1/s1. The second-order valence-corrected chi connectivity index (χ2v) is 17.2. The van der Waals surface area contributed by atoms with Crippen molar-refractivity contribution in [3.8, 4) is 0 Å². The maximum Gasteiger partial charge on any atom is 0.479 e. The third-order valence-electron chi connectivity index (χ3n) is 7.67. The summed E-state index contributed by atoms with van der Waals surface area (Å²) in [5.74, 6) is -0.563. The van der Waals surface area contributed by atoms with Crippen molar-refractivity contribution in [1.29, 1.82) is 0 Å². The summed E-state index contributed by atoms with van der Waals surface area (Å²) in [6.07, 6.45) is -10.7. The fraction of sp³-hybridized carbons (Fsp3) is 0.524. The number of phosphoric acid groups is 2. The normalized spacial score (nSPS) is 30.1. The molecule has 2 fully saturated rings. The Balaban J connectivity index is 1.05. The lowest BCUT2D eigenvalue weighted by atomic mass is 10.1. The highest BCUT2D eigenvalue weighted by atomic mass is 32.5. The van der Waals surface area contributed by atoms with E-state index in [4.69, 9.17) is 25.5 Å². The molecule has 12 N–H and O–H groups in total. The molecule has 2 saturated heterocycles. The summed E-state index contributed by atoms with van der Waals surface area (Å²) in [7, 11) is -9.76. The number of nitrogens with two attached hydrogens (primary N) is 2. The number of nitrogens with zero attached hydrogens (tertiary/aromatic N) is 6. The topological polar surface area (TPSA) is 404 Å². The molecule has 6 heterocycles. The minimum atomic E-state index is -5.73. The average molecular weight is 819 g/mol. The SMILES string of the molecule is Cn1c[n+]([C@@H]2O[C@H](COP(=O)(O)OP(O)(=S)OP(=O)([O-])OC[C@H]3O[C@@H](n4cnc5c(=O)[nH]c(N)nc54)[C@H](O)[C@@H]3O)[C@@H](O)[C@H]2O)c2nc(N)[nH]c(=O)c21. The Morgan fingerprint density at radius 2 is 1.58 bits per heavy atom. The number of anilines is 2. The van der Waals surface area contributed by atoms with E-state index in [9.17, 15) is 53.8 Å². The molecule has 0 aliphatic carbocycles. The predicted molar refractivity (Wildman–Crippen MR) is 168 cm³/mol. The molecule has 0 amide bonds. The van der Waals surface area contributed by atoms with Crippen molar-refractivity contribution < 1.29 is 75.9 Å². The van der Waals surface area contributed by atoms with E-state index in [1.165, 1.54) is 22.5 Å². The molecule has 3 unspecified atom stereocenters. The average Bonchev–Trinajstić information content (AvgIpc) is 3.74. The second-order valence-electron chi connectivity index (χ2n) is 11.3. The number of H-pyrrole nitrogens is 2. The van der Waals surface area contributed by atoms with Gasteiger partial charge in [-0.3, -0.25) is 37.8 Å². The lowest BCUT2D eigenvalue weighted by Crippen LogP contribution is -2.46. The van der Waals surface area contributed by atoms with Gasteiger partial charge in [-0.15, -0.1) is 0 Å². The van der Waals surface area contributed by atoms with Crippen LogP contribution >= 0.6 is 22.4 Å². The van der Waals surface area contributed by atoms with E-state index >= 15 is 0 Å². The molecule has 6 rings (SSSR count). The van der Waals surface area contributed by atoms with Gasteiger partial charge in [-0.2, -0.15) is 4.98 Å². The number of aromatic amines is 2. The minimum Gasteiger partial charge on any atom is -0.756 e. The van der Waals surface area contributed by atoms with Crippen LogP contribution in [0.15, 0.2) is 22.2 Å². The summed E-state index contributed by atoms with van der Waals surface area (Å²) >= 11 is 4.52. The van der Waals surface area contributed by atoms with Crippen molar-refractivity contribution in [3.63, 3.8) is 0 Å². The quantitative estimate of drug-likeness (QED) is 0.0472. The van der Waals surface area contributed by atoms with Crippen molar-refractivity contribution in [1.82, 2.24) is 34.1 Å². The molecule has 0 bridgehead atoms. The summed E-state index contributed by atoms with van der Waals surface area (Å²) in [5, 5.41) is 42.1. The van der Waals surface area contributed by atoms with Crippen LogP contribution in [0.25, 0.3) is 22.3 Å². The minimum absolute atomic E-state index is 0.0279. The van der Waals surface area contributed by atoms with E-state index in [2.05, 4.69) is 49.9 Å². The highest BCUT2D eigenvalue weighted by Gasteiger charge is 2.49. The highest BCUT2D eigenvalue weighted by Crippen LogP contribution is 2.67. The number of hydrogen-bond acceptors (Lipinski definition) is 21. The maximum absolute atomic E-state index is 12.6. The fourth-order valence-electron chi connectivity index (χ4n) is 5.43. The van der Waals surface area contributed by atoms with E-state index in [0.29, 0.717) is 0 Å². The highest BCUT2D eigenvalue weighted by molar-refractivity contribution is 8.09. The fourth-order valence-corrected chi connectivity index (χ4v) is 10.4. The van der Waals surface area contributed by atoms with E-state index in [1.54, 1.807) is 0 Å². The molecule has 11 atom stereocenters. The number of aryl methyl sites for hydroxylation is 1.